The Bertz CT molecular complexity index is 473. The van der Waals surface area contributed by atoms with Gasteiger partial charge in [0.15, 0.2) is 0 Å². The van der Waals surface area contributed by atoms with Crippen LogP contribution < -0.4 is 4.90 Å². The van der Waals surface area contributed by atoms with Crippen molar-refractivity contribution in [2.24, 2.45) is 0 Å². The summed E-state index contributed by atoms with van der Waals surface area (Å²) in [5, 5.41) is 0. The molecule has 3 nitrogen and oxygen atoms in total. The molecule has 1 aromatic rings. The van der Waals surface area contributed by atoms with Gasteiger partial charge in [-0.2, -0.15) is 0 Å². The maximum Gasteiger partial charge on any atom is 0.418 e. The van der Waals surface area contributed by atoms with Crippen LogP contribution in [0.1, 0.15) is 52.2 Å². The Morgan fingerprint density at radius 2 is 1.81 bits per heavy atom. The van der Waals surface area contributed by atoms with Gasteiger partial charge in [-0.15, -0.1) is 0 Å². The van der Waals surface area contributed by atoms with Gasteiger partial charge in [-0.3, -0.25) is 4.90 Å². The van der Waals surface area contributed by atoms with Crippen molar-refractivity contribution in [2.45, 2.75) is 60.5 Å². The third-order valence-corrected chi connectivity index (χ3v) is 2.38. The van der Waals surface area contributed by atoms with E-state index in [-0.39, 0.29) is 0 Å². The van der Waals surface area contributed by atoms with Gasteiger partial charge in [0.2, 0.25) is 0 Å². The van der Waals surface area contributed by atoms with Gasteiger partial charge >= 0.3 is 6.09 Å². The zero-order chi connectivity index (χ0) is 16.6. The normalized spacial score (nSPS) is 10.2. The molecule has 0 heterocycles. The number of hydrogen-bond acceptors (Lipinski definition) is 2. The van der Waals surface area contributed by atoms with Crippen LogP contribution in [0.2, 0.25) is 0 Å². The van der Waals surface area contributed by atoms with Crippen molar-refractivity contribution in [1.29, 1.82) is 0 Å². The van der Waals surface area contributed by atoms with Gasteiger partial charge in [-0.05, 0) is 46.2 Å². The molecule has 0 unspecified atom stereocenters. The van der Waals surface area contributed by atoms with E-state index in [1.165, 1.54) is 17.5 Å². The standard InChI is InChI=1S/C15H21NO2.C3H8/c1-7-16(14(17)18-15(4,5)6)13-9-8-11(2)10-12(13)3;1-3-2/h7-10H,1H2,2-6H3;3H2,1-2H3. The number of anilines is 1. The number of hydrogen-bond donors (Lipinski definition) is 0. The Balaban J connectivity index is 0.00000122. The monoisotopic (exact) mass is 291 g/mol. The lowest BCUT2D eigenvalue weighted by atomic mass is 10.1. The highest BCUT2D eigenvalue weighted by molar-refractivity contribution is 5.90. The summed E-state index contributed by atoms with van der Waals surface area (Å²) in [6.07, 6.45) is 2.32. The SMILES string of the molecule is C=CN(C(=O)OC(C)(C)C)c1ccc(C)cc1C.CCC. The Morgan fingerprint density at radius 1 is 1.29 bits per heavy atom. The summed E-state index contributed by atoms with van der Waals surface area (Å²) in [5.41, 5.74) is 2.45. The lowest BCUT2D eigenvalue weighted by Crippen LogP contribution is -2.33. The van der Waals surface area contributed by atoms with Crippen LogP contribution in [0.15, 0.2) is 31.0 Å². The maximum atomic E-state index is 12.1. The van der Waals surface area contributed by atoms with E-state index in [9.17, 15) is 4.79 Å². The topological polar surface area (TPSA) is 29.5 Å². The number of rotatable bonds is 2. The molecule has 0 aliphatic rings. The quantitative estimate of drug-likeness (QED) is 0.709. The molecule has 21 heavy (non-hydrogen) atoms. The summed E-state index contributed by atoms with van der Waals surface area (Å²) in [7, 11) is 0. The molecular formula is C18H29NO2. The van der Waals surface area contributed by atoms with Crippen molar-refractivity contribution >= 4 is 11.8 Å². The highest BCUT2D eigenvalue weighted by atomic mass is 16.6. The summed E-state index contributed by atoms with van der Waals surface area (Å²) in [4.78, 5) is 13.5. The van der Waals surface area contributed by atoms with Crippen LogP contribution in [0, 0.1) is 13.8 Å². The predicted molar refractivity (Wildman–Crippen MR) is 90.8 cm³/mol. The number of carbonyl (C=O) groups is 1. The zero-order valence-corrected chi connectivity index (χ0v) is 14.5. The number of nitrogens with zero attached hydrogens (tertiary/aromatic N) is 1. The summed E-state index contributed by atoms with van der Waals surface area (Å²) in [5.74, 6) is 0. The van der Waals surface area contributed by atoms with E-state index < -0.39 is 11.7 Å². The molecule has 0 aliphatic heterocycles. The van der Waals surface area contributed by atoms with Gasteiger partial charge in [0.05, 0.1) is 5.69 Å². The maximum absolute atomic E-state index is 12.1. The molecular weight excluding hydrogens is 262 g/mol. The Labute approximate surface area is 129 Å². The van der Waals surface area contributed by atoms with Crippen molar-refractivity contribution in [2.75, 3.05) is 4.90 Å². The molecule has 1 rings (SSSR count). The van der Waals surface area contributed by atoms with E-state index in [1.807, 2.05) is 52.8 Å². The number of carbonyl (C=O) groups excluding carboxylic acids is 1. The molecule has 0 bridgehead atoms. The zero-order valence-electron chi connectivity index (χ0n) is 14.5. The molecule has 118 valence electrons. The fraction of sp³-hybridized carbons (Fsp3) is 0.500. The first-order valence-electron chi connectivity index (χ1n) is 7.38. The fourth-order valence-electron chi connectivity index (χ4n) is 1.66. The number of aryl methyl sites for hydroxylation is 2. The minimum absolute atomic E-state index is 0.413. The Hall–Kier alpha value is -1.77. The van der Waals surface area contributed by atoms with Crippen molar-refractivity contribution in [3.05, 3.63) is 42.1 Å². The Kier molecular flexibility index (Phi) is 7.79. The molecule has 1 aromatic carbocycles. The molecule has 3 heteroatoms. The summed E-state index contributed by atoms with van der Waals surface area (Å²) < 4.78 is 5.35. The minimum atomic E-state index is -0.517. The number of amides is 1. The molecule has 0 fully saturated rings. The van der Waals surface area contributed by atoms with E-state index in [4.69, 9.17) is 4.74 Å². The molecule has 0 saturated carbocycles. The van der Waals surface area contributed by atoms with E-state index in [0.29, 0.717) is 0 Å². The summed E-state index contributed by atoms with van der Waals surface area (Å²) in [6.45, 7) is 17.4. The van der Waals surface area contributed by atoms with Gasteiger partial charge in [-0.1, -0.05) is 44.5 Å². The van der Waals surface area contributed by atoms with Gasteiger partial charge in [0.1, 0.15) is 5.60 Å². The number of benzene rings is 1. The van der Waals surface area contributed by atoms with E-state index >= 15 is 0 Å². The highest BCUT2D eigenvalue weighted by Gasteiger charge is 2.22. The van der Waals surface area contributed by atoms with Gasteiger partial charge in [0, 0.05) is 6.20 Å². The molecule has 0 atom stereocenters. The highest BCUT2D eigenvalue weighted by Crippen LogP contribution is 2.23. The molecule has 0 N–H and O–H groups in total. The second kappa shape index (κ2) is 8.50. The smallest absolute Gasteiger partial charge is 0.418 e. The van der Waals surface area contributed by atoms with E-state index in [0.717, 1.165) is 16.8 Å². The summed E-state index contributed by atoms with van der Waals surface area (Å²) in [6, 6.07) is 5.88. The fourth-order valence-corrected chi connectivity index (χ4v) is 1.66. The second-order valence-corrected chi connectivity index (χ2v) is 6.03. The van der Waals surface area contributed by atoms with Crippen LogP contribution in [0.4, 0.5) is 10.5 Å². The van der Waals surface area contributed by atoms with Crippen LogP contribution in [-0.2, 0) is 4.74 Å². The van der Waals surface area contributed by atoms with Crippen LogP contribution in [0.5, 0.6) is 0 Å². The van der Waals surface area contributed by atoms with Crippen LogP contribution in [0.3, 0.4) is 0 Å². The molecule has 0 saturated heterocycles. The van der Waals surface area contributed by atoms with Gasteiger partial charge < -0.3 is 4.74 Å². The first-order chi connectivity index (χ1) is 9.66. The molecule has 0 aliphatic carbocycles. The lowest BCUT2D eigenvalue weighted by Gasteiger charge is -2.26. The van der Waals surface area contributed by atoms with Gasteiger partial charge in [-0.25, -0.2) is 4.79 Å². The minimum Gasteiger partial charge on any atom is -0.443 e. The third kappa shape index (κ3) is 6.98. The summed E-state index contributed by atoms with van der Waals surface area (Å²) >= 11 is 0. The molecule has 0 radical (unpaired) electrons. The first kappa shape index (κ1) is 19.2. The average Bonchev–Trinajstić information content (AvgIpc) is 2.31. The van der Waals surface area contributed by atoms with E-state index in [2.05, 4.69) is 20.4 Å². The number of ether oxygens (including phenoxy) is 1. The lowest BCUT2D eigenvalue weighted by molar-refractivity contribution is 0.0596. The third-order valence-electron chi connectivity index (χ3n) is 2.38. The molecule has 0 aromatic heterocycles. The van der Waals surface area contributed by atoms with Crippen LogP contribution in [0.25, 0.3) is 0 Å². The average molecular weight is 291 g/mol. The van der Waals surface area contributed by atoms with Crippen molar-refractivity contribution in [1.82, 2.24) is 0 Å². The first-order valence-corrected chi connectivity index (χ1v) is 7.38. The molecule has 1 amide bonds. The van der Waals surface area contributed by atoms with Gasteiger partial charge in [0.25, 0.3) is 0 Å². The van der Waals surface area contributed by atoms with E-state index in [1.54, 1.807) is 0 Å². The largest absolute Gasteiger partial charge is 0.443 e. The second-order valence-electron chi connectivity index (χ2n) is 6.03. The van der Waals surface area contributed by atoms with Crippen LogP contribution in [-0.4, -0.2) is 11.7 Å². The van der Waals surface area contributed by atoms with Crippen molar-refractivity contribution in [3.8, 4) is 0 Å². The predicted octanol–water partition coefficient (Wildman–Crippen LogP) is 5.60. The van der Waals surface area contributed by atoms with Crippen molar-refractivity contribution < 1.29 is 9.53 Å². The molecule has 0 spiro atoms. The van der Waals surface area contributed by atoms with Crippen LogP contribution >= 0.6 is 0 Å². The van der Waals surface area contributed by atoms with Crippen molar-refractivity contribution in [3.63, 3.8) is 0 Å². The Morgan fingerprint density at radius 3 is 2.19 bits per heavy atom.